The summed E-state index contributed by atoms with van der Waals surface area (Å²) in [5, 5.41) is 8.78. The maximum absolute atomic E-state index is 11.7. The maximum Gasteiger partial charge on any atom is 0.290 e. The maximum atomic E-state index is 11.7. The molecule has 3 rings (SSSR count). The quantitative estimate of drug-likeness (QED) is 0.496. The van der Waals surface area contributed by atoms with Gasteiger partial charge in [0, 0.05) is 37.2 Å². The fourth-order valence-electron chi connectivity index (χ4n) is 2.99. The molecule has 2 aromatic rings. The van der Waals surface area contributed by atoms with E-state index in [4.69, 9.17) is 0 Å². The van der Waals surface area contributed by atoms with Gasteiger partial charge in [0.25, 0.3) is 11.1 Å². The summed E-state index contributed by atoms with van der Waals surface area (Å²) in [5.41, 5.74) is 1.76. The van der Waals surface area contributed by atoms with Crippen molar-refractivity contribution >= 4 is 34.9 Å². The van der Waals surface area contributed by atoms with E-state index in [1.807, 2.05) is 12.3 Å². The minimum Gasteiger partial charge on any atom is -0.351 e. The Hall–Kier alpha value is -2.78. The molecule has 2 amide bonds. The Bertz CT molecular complexity index is 905. The third-order valence-corrected chi connectivity index (χ3v) is 5.56. The van der Waals surface area contributed by atoms with Crippen LogP contribution < -0.4 is 16.0 Å². The molecule has 1 fully saturated rings. The number of carbonyl (C=O) groups is 2. The van der Waals surface area contributed by atoms with Crippen LogP contribution in [0.1, 0.15) is 44.4 Å². The van der Waals surface area contributed by atoms with E-state index in [9.17, 15) is 9.59 Å². The molecule has 3 heterocycles. The molecule has 3 N–H and O–H groups in total. The van der Waals surface area contributed by atoms with Crippen LogP contribution in [-0.2, 0) is 11.3 Å². The van der Waals surface area contributed by atoms with Crippen molar-refractivity contribution in [3.8, 4) is 0 Å². The van der Waals surface area contributed by atoms with Gasteiger partial charge in [0.15, 0.2) is 0 Å². The first kappa shape index (κ1) is 21.9. The number of nitrogens with zero attached hydrogens (tertiary/aromatic N) is 3. The second-order valence-corrected chi connectivity index (χ2v) is 8.14. The molecular formula is C21H26N6O2S. The van der Waals surface area contributed by atoms with Gasteiger partial charge in [-0.2, -0.15) is 0 Å². The number of anilines is 1. The third-order valence-electron chi connectivity index (χ3n) is 4.75. The first-order chi connectivity index (χ1) is 14.5. The summed E-state index contributed by atoms with van der Waals surface area (Å²) in [6.45, 7) is 5.10. The third kappa shape index (κ3) is 6.64. The summed E-state index contributed by atoms with van der Waals surface area (Å²) in [7, 11) is 0. The fraction of sp³-hybridized carbons (Fsp3) is 0.381. The predicted octanol–water partition coefficient (Wildman–Crippen LogP) is 3.34. The molecule has 2 atom stereocenters. The molecule has 9 heteroatoms. The minimum absolute atomic E-state index is 0.237. The van der Waals surface area contributed by atoms with E-state index in [0.29, 0.717) is 22.6 Å². The number of pyridine rings is 1. The van der Waals surface area contributed by atoms with Gasteiger partial charge >= 0.3 is 0 Å². The topological polar surface area (TPSA) is 109 Å². The van der Waals surface area contributed by atoms with Gasteiger partial charge in [0.2, 0.25) is 5.95 Å². The van der Waals surface area contributed by atoms with Crippen LogP contribution in [0.25, 0.3) is 6.08 Å². The zero-order valence-electron chi connectivity index (χ0n) is 17.1. The molecule has 30 heavy (non-hydrogen) atoms. The number of amides is 2. The molecule has 0 unspecified atom stereocenters. The summed E-state index contributed by atoms with van der Waals surface area (Å²) in [6, 6.07) is 6.32. The Balaban J connectivity index is 1.51. The van der Waals surface area contributed by atoms with E-state index in [0.717, 1.165) is 37.6 Å². The Morgan fingerprint density at radius 1 is 1.23 bits per heavy atom. The highest BCUT2D eigenvalue weighted by Gasteiger charge is 2.25. The van der Waals surface area contributed by atoms with Crippen LogP contribution in [0.5, 0.6) is 0 Å². The molecule has 1 aliphatic heterocycles. The average Bonchev–Trinajstić information content (AvgIpc) is 3.07. The van der Waals surface area contributed by atoms with Crippen LogP contribution >= 0.6 is 11.8 Å². The Morgan fingerprint density at radius 3 is 2.80 bits per heavy atom. The molecule has 158 valence electrons. The number of imide groups is 1. The molecular weight excluding hydrogens is 400 g/mol. The Kier molecular flexibility index (Phi) is 7.92. The van der Waals surface area contributed by atoms with Crippen molar-refractivity contribution in [2.75, 3.05) is 5.32 Å². The molecule has 0 aliphatic carbocycles. The number of aromatic nitrogens is 3. The molecule has 1 saturated heterocycles. The molecule has 0 spiro atoms. The highest BCUT2D eigenvalue weighted by Crippen LogP contribution is 2.25. The molecule has 0 radical (unpaired) electrons. The molecule has 0 saturated carbocycles. The van der Waals surface area contributed by atoms with Gasteiger partial charge in [-0.05, 0) is 61.7 Å². The Labute approximate surface area is 180 Å². The molecule has 1 aliphatic rings. The van der Waals surface area contributed by atoms with Crippen LogP contribution in [0.4, 0.5) is 10.7 Å². The van der Waals surface area contributed by atoms with Gasteiger partial charge < -0.3 is 10.6 Å². The van der Waals surface area contributed by atoms with Crippen molar-refractivity contribution in [3.05, 3.63) is 53.0 Å². The van der Waals surface area contributed by atoms with Crippen molar-refractivity contribution < 1.29 is 9.59 Å². The van der Waals surface area contributed by atoms with Crippen molar-refractivity contribution in [1.29, 1.82) is 0 Å². The van der Waals surface area contributed by atoms with Crippen molar-refractivity contribution in [1.82, 2.24) is 25.6 Å². The number of rotatable bonds is 10. The lowest BCUT2D eigenvalue weighted by Gasteiger charge is -2.20. The largest absolute Gasteiger partial charge is 0.351 e. The van der Waals surface area contributed by atoms with Gasteiger partial charge in [-0.1, -0.05) is 13.0 Å². The Morgan fingerprint density at radius 2 is 2.10 bits per heavy atom. The summed E-state index contributed by atoms with van der Waals surface area (Å²) in [6.07, 6.45) is 9.82. The zero-order chi connectivity index (χ0) is 21.3. The summed E-state index contributed by atoms with van der Waals surface area (Å²) in [4.78, 5) is 36.2. The van der Waals surface area contributed by atoms with E-state index >= 15 is 0 Å². The SMILES string of the molecule is CC[C@H](CC[C@@H](C)NCc1cccnc1)Nc1nccc(/C=C2\SC(=O)NC2=O)n1. The van der Waals surface area contributed by atoms with Crippen LogP contribution in [-0.4, -0.2) is 38.2 Å². The summed E-state index contributed by atoms with van der Waals surface area (Å²) in [5.74, 6) is 0.124. The molecule has 0 bridgehead atoms. The fourth-order valence-corrected chi connectivity index (χ4v) is 3.65. The molecule has 8 nitrogen and oxygen atoms in total. The molecule has 2 aromatic heterocycles. The average molecular weight is 427 g/mol. The number of thioether (sulfide) groups is 1. The summed E-state index contributed by atoms with van der Waals surface area (Å²) < 4.78 is 0. The second kappa shape index (κ2) is 10.8. The van der Waals surface area contributed by atoms with E-state index in [-0.39, 0.29) is 11.3 Å². The van der Waals surface area contributed by atoms with Crippen molar-refractivity contribution in [2.45, 2.75) is 51.7 Å². The first-order valence-electron chi connectivity index (χ1n) is 10.00. The lowest BCUT2D eigenvalue weighted by molar-refractivity contribution is -0.115. The number of nitrogens with one attached hydrogen (secondary N) is 3. The standard InChI is InChI=1S/C21H26N6O2S/c1-3-16(7-6-14(2)24-13-15-5-4-9-22-12-15)25-20-23-10-8-17(26-20)11-18-19(28)27-21(29)30-18/h4-5,8-12,14,16,24H,3,6-7,13H2,1-2H3,(H,23,25,26)(H,27,28,29)/b18-11-/t14-,16-/m1/s1. The lowest BCUT2D eigenvalue weighted by atomic mass is 10.0. The minimum atomic E-state index is -0.391. The van der Waals surface area contributed by atoms with Gasteiger partial charge in [-0.15, -0.1) is 0 Å². The van der Waals surface area contributed by atoms with E-state index < -0.39 is 5.91 Å². The van der Waals surface area contributed by atoms with Gasteiger partial charge in [0.1, 0.15) is 0 Å². The van der Waals surface area contributed by atoms with Gasteiger partial charge in [0.05, 0.1) is 10.6 Å². The smallest absolute Gasteiger partial charge is 0.290 e. The van der Waals surface area contributed by atoms with Crippen LogP contribution in [0.15, 0.2) is 41.7 Å². The number of hydrogen-bond donors (Lipinski definition) is 3. The van der Waals surface area contributed by atoms with E-state index in [2.05, 4.69) is 50.8 Å². The van der Waals surface area contributed by atoms with E-state index in [1.165, 1.54) is 5.56 Å². The van der Waals surface area contributed by atoms with Crippen LogP contribution in [0, 0.1) is 0 Å². The second-order valence-electron chi connectivity index (χ2n) is 7.13. The predicted molar refractivity (Wildman–Crippen MR) is 119 cm³/mol. The van der Waals surface area contributed by atoms with Gasteiger partial charge in [-0.25, -0.2) is 9.97 Å². The normalized spacial score (nSPS) is 17.1. The van der Waals surface area contributed by atoms with E-state index in [1.54, 1.807) is 24.5 Å². The lowest BCUT2D eigenvalue weighted by Crippen LogP contribution is -2.28. The first-order valence-corrected chi connectivity index (χ1v) is 10.8. The monoisotopic (exact) mass is 426 g/mol. The van der Waals surface area contributed by atoms with Crippen LogP contribution in [0.2, 0.25) is 0 Å². The number of hydrogen-bond acceptors (Lipinski definition) is 8. The molecule has 0 aromatic carbocycles. The van der Waals surface area contributed by atoms with Gasteiger partial charge in [-0.3, -0.25) is 19.9 Å². The summed E-state index contributed by atoms with van der Waals surface area (Å²) >= 11 is 0.877. The zero-order valence-corrected chi connectivity index (χ0v) is 17.9. The van der Waals surface area contributed by atoms with Crippen molar-refractivity contribution in [2.24, 2.45) is 0 Å². The van der Waals surface area contributed by atoms with Crippen LogP contribution in [0.3, 0.4) is 0 Å². The highest BCUT2D eigenvalue weighted by molar-refractivity contribution is 8.18. The number of carbonyl (C=O) groups excluding carboxylic acids is 2. The van der Waals surface area contributed by atoms with Crippen molar-refractivity contribution in [3.63, 3.8) is 0 Å². The highest BCUT2D eigenvalue weighted by atomic mass is 32.2.